The molecule has 1 aliphatic carbocycles. The van der Waals surface area contributed by atoms with Crippen LogP contribution < -0.4 is 10.6 Å². The van der Waals surface area contributed by atoms with Gasteiger partial charge in [-0.1, -0.05) is 31.2 Å². The number of carbonyl (C=O) groups excluding carboxylic acids is 1. The van der Waals surface area contributed by atoms with Crippen LogP contribution in [0.5, 0.6) is 0 Å². The monoisotopic (exact) mass is 486 g/mol. The molecule has 1 fully saturated rings. The first-order chi connectivity index (χ1) is 17.4. The Labute approximate surface area is 210 Å². The van der Waals surface area contributed by atoms with Gasteiger partial charge in [-0.2, -0.15) is 5.10 Å². The normalized spacial score (nSPS) is 17.8. The van der Waals surface area contributed by atoms with E-state index < -0.39 is 5.82 Å². The topological polar surface area (TPSA) is 84.7 Å². The van der Waals surface area contributed by atoms with Crippen LogP contribution in [0.15, 0.2) is 48.5 Å². The lowest BCUT2D eigenvalue weighted by Crippen LogP contribution is -2.40. The van der Waals surface area contributed by atoms with Crippen molar-refractivity contribution in [1.82, 2.24) is 25.1 Å². The molecule has 2 N–H and O–H groups in total. The second kappa shape index (κ2) is 10.0. The molecule has 36 heavy (non-hydrogen) atoms. The minimum absolute atomic E-state index is 0.0704. The van der Waals surface area contributed by atoms with E-state index in [1.54, 1.807) is 12.1 Å². The Balaban J connectivity index is 1.33. The molecule has 7 nitrogen and oxygen atoms in total. The maximum Gasteiger partial charge on any atom is 0.251 e. The van der Waals surface area contributed by atoms with Gasteiger partial charge in [0.1, 0.15) is 17.5 Å². The van der Waals surface area contributed by atoms with Crippen LogP contribution in [-0.4, -0.2) is 37.7 Å². The number of amides is 1. The van der Waals surface area contributed by atoms with Crippen molar-refractivity contribution in [1.29, 1.82) is 0 Å². The summed E-state index contributed by atoms with van der Waals surface area (Å²) >= 11 is 0. The summed E-state index contributed by atoms with van der Waals surface area (Å²) in [5, 5.41) is 12.5. The van der Waals surface area contributed by atoms with E-state index in [2.05, 4.69) is 36.6 Å². The molecular weight excluding hydrogens is 455 g/mol. The van der Waals surface area contributed by atoms with Crippen LogP contribution in [0.4, 0.5) is 10.2 Å². The van der Waals surface area contributed by atoms with Gasteiger partial charge in [0, 0.05) is 24.1 Å². The number of rotatable bonds is 6. The van der Waals surface area contributed by atoms with Crippen molar-refractivity contribution in [2.75, 3.05) is 5.32 Å². The molecule has 1 aliphatic rings. The van der Waals surface area contributed by atoms with Crippen LogP contribution in [0.2, 0.25) is 0 Å². The van der Waals surface area contributed by atoms with E-state index in [0.29, 0.717) is 5.56 Å². The molecule has 0 aliphatic heterocycles. The van der Waals surface area contributed by atoms with Crippen LogP contribution in [0, 0.1) is 19.7 Å². The van der Waals surface area contributed by atoms with E-state index in [4.69, 9.17) is 15.1 Å². The fraction of sp³-hybridized carbons (Fsp3) is 0.357. The van der Waals surface area contributed by atoms with Crippen molar-refractivity contribution < 1.29 is 9.18 Å². The summed E-state index contributed by atoms with van der Waals surface area (Å²) in [6.07, 6.45) is 4.20. The molecule has 186 valence electrons. The molecule has 1 amide bonds. The maximum absolute atomic E-state index is 13.5. The highest BCUT2D eigenvalue weighted by molar-refractivity contribution is 5.94. The number of aromatic nitrogens is 4. The van der Waals surface area contributed by atoms with Crippen molar-refractivity contribution in [3.8, 4) is 5.69 Å². The third-order valence-electron chi connectivity index (χ3n) is 6.90. The number of hydrogen-bond acceptors (Lipinski definition) is 5. The highest BCUT2D eigenvalue weighted by Crippen LogP contribution is 2.30. The summed E-state index contributed by atoms with van der Waals surface area (Å²) in [4.78, 5) is 22.2. The van der Waals surface area contributed by atoms with Gasteiger partial charge < -0.3 is 10.6 Å². The second-order valence-electron chi connectivity index (χ2n) is 9.50. The van der Waals surface area contributed by atoms with Gasteiger partial charge in [0.2, 0.25) is 0 Å². The molecule has 4 aromatic rings. The molecule has 0 radical (unpaired) electrons. The van der Waals surface area contributed by atoms with E-state index in [9.17, 15) is 9.18 Å². The Bertz CT molecular complexity index is 1410. The Kier molecular flexibility index (Phi) is 6.67. The van der Waals surface area contributed by atoms with Gasteiger partial charge in [-0.25, -0.2) is 19.0 Å². The van der Waals surface area contributed by atoms with Gasteiger partial charge in [0.15, 0.2) is 5.65 Å². The fourth-order valence-corrected chi connectivity index (χ4v) is 4.93. The standard InChI is InChI=1S/C28H31FN6O/c1-4-24-32-26(25-18(3)34-35(27(25)33-24)23-11-6-5-8-17(23)2)30-21-12-14-22(15-13-21)31-28(36)19-9-7-10-20(29)16-19/h5-11,16,21-22H,4,12-15H2,1-3H3,(H,31,36)(H,30,32,33). The molecule has 0 saturated heterocycles. The minimum atomic E-state index is -0.404. The van der Waals surface area contributed by atoms with Gasteiger partial charge in [0.25, 0.3) is 5.91 Å². The quantitative estimate of drug-likeness (QED) is 0.387. The van der Waals surface area contributed by atoms with E-state index in [1.165, 1.54) is 12.1 Å². The zero-order valence-corrected chi connectivity index (χ0v) is 20.9. The summed E-state index contributed by atoms with van der Waals surface area (Å²) in [7, 11) is 0. The Morgan fingerprint density at radius 3 is 2.50 bits per heavy atom. The van der Waals surface area contributed by atoms with E-state index in [1.807, 2.05) is 23.7 Å². The maximum atomic E-state index is 13.5. The lowest BCUT2D eigenvalue weighted by Gasteiger charge is -2.30. The molecule has 5 rings (SSSR count). The first-order valence-electron chi connectivity index (χ1n) is 12.6. The molecule has 0 spiro atoms. The molecular formula is C28H31FN6O. The summed E-state index contributed by atoms with van der Waals surface area (Å²) in [6.45, 7) is 6.12. The average molecular weight is 487 g/mol. The van der Waals surface area contributed by atoms with Crippen molar-refractivity contribution >= 4 is 22.8 Å². The van der Waals surface area contributed by atoms with Gasteiger partial charge >= 0.3 is 0 Å². The predicted molar refractivity (Wildman–Crippen MR) is 139 cm³/mol. The van der Waals surface area contributed by atoms with Gasteiger partial charge in [-0.3, -0.25) is 4.79 Å². The number of fused-ring (bicyclic) bond motifs is 1. The number of anilines is 1. The zero-order valence-electron chi connectivity index (χ0n) is 20.9. The summed E-state index contributed by atoms with van der Waals surface area (Å²) in [5.74, 6) is 0.965. The summed E-state index contributed by atoms with van der Waals surface area (Å²) in [5.41, 5.74) is 4.19. The number of hydrogen-bond donors (Lipinski definition) is 2. The molecule has 2 heterocycles. The third-order valence-corrected chi connectivity index (χ3v) is 6.90. The lowest BCUT2D eigenvalue weighted by atomic mass is 9.91. The number of nitrogens with zero attached hydrogens (tertiary/aromatic N) is 4. The lowest BCUT2D eigenvalue weighted by molar-refractivity contribution is 0.0926. The predicted octanol–water partition coefficient (Wildman–Crippen LogP) is 5.29. The highest BCUT2D eigenvalue weighted by Gasteiger charge is 2.25. The number of nitrogens with one attached hydrogen (secondary N) is 2. The van der Waals surface area contributed by atoms with Crippen LogP contribution in [0.1, 0.15) is 60.0 Å². The molecule has 0 unspecified atom stereocenters. The van der Waals surface area contributed by atoms with Crippen LogP contribution in [0.25, 0.3) is 16.7 Å². The largest absolute Gasteiger partial charge is 0.367 e. The Hall–Kier alpha value is -3.81. The molecule has 0 bridgehead atoms. The van der Waals surface area contributed by atoms with Gasteiger partial charge in [-0.05, 0) is 69.4 Å². The molecule has 2 aromatic heterocycles. The Morgan fingerprint density at radius 1 is 1.03 bits per heavy atom. The number of aryl methyl sites for hydroxylation is 3. The summed E-state index contributed by atoms with van der Waals surface area (Å²) < 4.78 is 15.4. The first-order valence-corrected chi connectivity index (χ1v) is 12.6. The molecule has 1 saturated carbocycles. The average Bonchev–Trinajstić information content (AvgIpc) is 3.21. The van der Waals surface area contributed by atoms with Gasteiger partial charge in [-0.15, -0.1) is 0 Å². The number of halogens is 1. The second-order valence-corrected chi connectivity index (χ2v) is 9.50. The SMILES string of the molecule is CCc1nc(NC2CCC(NC(=O)c3cccc(F)c3)CC2)c2c(C)nn(-c3ccccc3C)c2n1. The smallest absolute Gasteiger partial charge is 0.251 e. The molecule has 0 atom stereocenters. The van der Waals surface area contributed by atoms with Gasteiger partial charge in [0.05, 0.1) is 16.8 Å². The Morgan fingerprint density at radius 2 is 1.78 bits per heavy atom. The third kappa shape index (κ3) is 4.80. The molecule has 8 heteroatoms. The highest BCUT2D eigenvalue weighted by atomic mass is 19.1. The van der Waals surface area contributed by atoms with Crippen molar-refractivity contribution in [3.05, 3.63) is 77.0 Å². The van der Waals surface area contributed by atoms with E-state index >= 15 is 0 Å². The number of benzene rings is 2. The van der Waals surface area contributed by atoms with E-state index in [0.717, 1.165) is 71.7 Å². The zero-order chi connectivity index (χ0) is 25.2. The van der Waals surface area contributed by atoms with E-state index in [-0.39, 0.29) is 18.0 Å². The van der Waals surface area contributed by atoms with Crippen molar-refractivity contribution in [2.24, 2.45) is 0 Å². The fourth-order valence-electron chi connectivity index (χ4n) is 4.93. The van der Waals surface area contributed by atoms with Crippen molar-refractivity contribution in [3.63, 3.8) is 0 Å². The van der Waals surface area contributed by atoms with Crippen LogP contribution >= 0.6 is 0 Å². The number of para-hydroxylation sites is 1. The summed E-state index contributed by atoms with van der Waals surface area (Å²) in [6, 6.07) is 14.3. The van der Waals surface area contributed by atoms with Crippen LogP contribution in [-0.2, 0) is 6.42 Å². The molecule has 2 aromatic carbocycles. The first kappa shape index (κ1) is 23.9. The minimum Gasteiger partial charge on any atom is -0.367 e. The number of carbonyl (C=O) groups is 1. The van der Waals surface area contributed by atoms with Crippen LogP contribution in [0.3, 0.4) is 0 Å². The van der Waals surface area contributed by atoms with Crippen molar-refractivity contribution in [2.45, 2.75) is 65.0 Å².